The van der Waals surface area contributed by atoms with Crippen molar-refractivity contribution in [3.8, 4) is 11.3 Å². The van der Waals surface area contributed by atoms with Gasteiger partial charge in [0.05, 0.1) is 4.90 Å². The van der Waals surface area contributed by atoms with E-state index in [-0.39, 0.29) is 21.8 Å². The van der Waals surface area contributed by atoms with Crippen molar-refractivity contribution in [1.29, 1.82) is 0 Å². The van der Waals surface area contributed by atoms with E-state index >= 15 is 0 Å². The Hall–Kier alpha value is -1.74. The summed E-state index contributed by atoms with van der Waals surface area (Å²) < 4.78 is 24.2. The number of sulfone groups is 1. The highest BCUT2D eigenvalue weighted by Gasteiger charge is 2.22. The third kappa shape index (κ3) is 2.66. The summed E-state index contributed by atoms with van der Waals surface area (Å²) in [6.07, 6.45) is 1.07. The molecule has 1 amide bonds. The van der Waals surface area contributed by atoms with Crippen LogP contribution in [0.25, 0.3) is 11.3 Å². The molecule has 0 saturated heterocycles. The maximum absolute atomic E-state index is 11.8. The van der Waals surface area contributed by atoms with E-state index in [9.17, 15) is 13.2 Å². The molecular formula is C10H9BrN4O3S. The van der Waals surface area contributed by atoms with Gasteiger partial charge in [0.15, 0.2) is 15.5 Å². The molecule has 2 aromatic rings. The van der Waals surface area contributed by atoms with Crippen LogP contribution in [-0.2, 0) is 9.84 Å². The lowest BCUT2D eigenvalue weighted by Crippen LogP contribution is -2.13. The fraction of sp³-hybridized carbons (Fsp3) is 0.100. The molecule has 0 spiro atoms. The predicted octanol–water partition coefficient (Wildman–Crippen LogP) is 0.737. The third-order valence-corrected chi connectivity index (χ3v) is 4.01. The number of hydrogen-bond acceptors (Lipinski definition) is 5. The van der Waals surface area contributed by atoms with E-state index in [1.54, 1.807) is 6.07 Å². The zero-order chi connectivity index (χ0) is 14.2. The molecule has 1 heterocycles. The van der Waals surface area contributed by atoms with Gasteiger partial charge in [-0.2, -0.15) is 15.4 Å². The second kappa shape index (κ2) is 4.74. The molecule has 3 N–H and O–H groups in total. The van der Waals surface area contributed by atoms with Crippen LogP contribution >= 0.6 is 15.9 Å². The summed E-state index contributed by atoms with van der Waals surface area (Å²) in [4.78, 5) is 11.3. The van der Waals surface area contributed by atoms with E-state index in [4.69, 9.17) is 5.73 Å². The van der Waals surface area contributed by atoms with Crippen LogP contribution in [-0.4, -0.2) is 36.0 Å². The van der Waals surface area contributed by atoms with Crippen LogP contribution in [0, 0.1) is 0 Å². The number of amides is 1. The molecule has 100 valence electrons. The molecule has 9 heteroatoms. The molecule has 19 heavy (non-hydrogen) atoms. The second-order valence-corrected chi connectivity index (χ2v) is 6.70. The van der Waals surface area contributed by atoms with E-state index in [0.717, 1.165) is 6.26 Å². The highest BCUT2D eigenvalue weighted by Crippen LogP contribution is 2.30. The van der Waals surface area contributed by atoms with Crippen molar-refractivity contribution in [3.63, 3.8) is 0 Å². The van der Waals surface area contributed by atoms with Crippen molar-refractivity contribution in [2.24, 2.45) is 5.73 Å². The van der Waals surface area contributed by atoms with Crippen molar-refractivity contribution in [3.05, 3.63) is 28.4 Å². The average Bonchev–Trinajstić information content (AvgIpc) is 2.76. The predicted molar refractivity (Wildman–Crippen MR) is 71.1 cm³/mol. The summed E-state index contributed by atoms with van der Waals surface area (Å²) in [5, 5.41) is 9.68. The van der Waals surface area contributed by atoms with Gasteiger partial charge < -0.3 is 5.73 Å². The standard InChI is InChI=1S/C10H9BrN4O3S/c1-19(17,18)7-4-5(11)2-3-6(7)8-9(10(12)16)14-15-13-8/h2-4H,1H3,(H2,12,16)(H,13,14,15). The van der Waals surface area contributed by atoms with E-state index in [2.05, 4.69) is 31.3 Å². The van der Waals surface area contributed by atoms with Crippen molar-refractivity contribution in [2.45, 2.75) is 4.90 Å². The Kier molecular flexibility index (Phi) is 3.42. The minimum absolute atomic E-state index is 0.0401. The Labute approximate surface area is 117 Å². The van der Waals surface area contributed by atoms with Gasteiger partial charge in [-0.1, -0.05) is 22.0 Å². The number of hydrogen-bond donors (Lipinski definition) is 2. The number of carbonyl (C=O) groups is 1. The maximum atomic E-state index is 11.8. The molecule has 0 aliphatic rings. The van der Waals surface area contributed by atoms with Gasteiger partial charge >= 0.3 is 0 Å². The summed E-state index contributed by atoms with van der Waals surface area (Å²) in [6.45, 7) is 0. The molecule has 0 aliphatic carbocycles. The second-order valence-electron chi connectivity index (χ2n) is 3.80. The number of aromatic nitrogens is 3. The van der Waals surface area contributed by atoms with E-state index < -0.39 is 15.7 Å². The van der Waals surface area contributed by atoms with Crippen molar-refractivity contribution < 1.29 is 13.2 Å². The fourth-order valence-corrected chi connectivity index (χ4v) is 3.01. The number of nitrogens with two attached hydrogens (primary N) is 1. The van der Waals surface area contributed by atoms with Crippen molar-refractivity contribution in [2.75, 3.05) is 6.26 Å². The van der Waals surface area contributed by atoms with Crippen molar-refractivity contribution >= 4 is 31.7 Å². The Morgan fingerprint density at radius 3 is 2.63 bits per heavy atom. The minimum atomic E-state index is -3.49. The molecule has 0 radical (unpaired) electrons. The minimum Gasteiger partial charge on any atom is -0.364 e. The largest absolute Gasteiger partial charge is 0.364 e. The normalized spacial score (nSPS) is 11.5. The van der Waals surface area contributed by atoms with Crippen LogP contribution < -0.4 is 5.73 Å². The third-order valence-electron chi connectivity index (χ3n) is 2.38. The van der Waals surface area contributed by atoms with Crippen LogP contribution in [0.2, 0.25) is 0 Å². The van der Waals surface area contributed by atoms with Crippen LogP contribution in [0.1, 0.15) is 10.5 Å². The number of aromatic amines is 1. The first kappa shape index (κ1) is 13.7. The number of nitrogens with zero attached hydrogens (tertiary/aromatic N) is 2. The van der Waals surface area contributed by atoms with Gasteiger partial charge in [-0.25, -0.2) is 8.42 Å². The van der Waals surface area contributed by atoms with Gasteiger partial charge in [0.2, 0.25) is 0 Å². The van der Waals surface area contributed by atoms with Crippen LogP contribution in [0.4, 0.5) is 0 Å². The highest BCUT2D eigenvalue weighted by atomic mass is 79.9. The van der Waals surface area contributed by atoms with Gasteiger partial charge in [-0.15, -0.1) is 0 Å². The lowest BCUT2D eigenvalue weighted by molar-refractivity contribution is 0.0996. The molecule has 1 aromatic heterocycles. The number of nitrogens with one attached hydrogen (secondary N) is 1. The highest BCUT2D eigenvalue weighted by molar-refractivity contribution is 9.10. The number of primary amides is 1. The molecule has 1 aromatic carbocycles. The number of carbonyl (C=O) groups excluding carboxylic acids is 1. The van der Waals surface area contributed by atoms with Gasteiger partial charge in [-0.05, 0) is 12.1 Å². The summed E-state index contributed by atoms with van der Waals surface area (Å²) in [6, 6.07) is 4.61. The monoisotopic (exact) mass is 344 g/mol. The maximum Gasteiger partial charge on any atom is 0.271 e. The molecule has 0 saturated carbocycles. The van der Waals surface area contributed by atoms with E-state index in [1.165, 1.54) is 12.1 Å². The van der Waals surface area contributed by atoms with E-state index in [1.807, 2.05) is 0 Å². The lowest BCUT2D eigenvalue weighted by atomic mass is 10.1. The van der Waals surface area contributed by atoms with Crippen LogP contribution in [0.5, 0.6) is 0 Å². The molecular weight excluding hydrogens is 336 g/mol. The molecule has 2 rings (SSSR count). The quantitative estimate of drug-likeness (QED) is 0.850. The van der Waals surface area contributed by atoms with Crippen LogP contribution in [0.3, 0.4) is 0 Å². The number of H-pyrrole nitrogens is 1. The summed E-state index contributed by atoms with van der Waals surface area (Å²) in [5.41, 5.74) is 5.44. The van der Waals surface area contributed by atoms with E-state index in [0.29, 0.717) is 4.47 Å². The van der Waals surface area contributed by atoms with Crippen LogP contribution in [0.15, 0.2) is 27.6 Å². The molecule has 0 unspecified atom stereocenters. The Balaban J connectivity index is 2.76. The first-order valence-electron chi connectivity index (χ1n) is 5.01. The van der Waals surface area contributed by atoms with Gasteiger partial charge in [-0.3, -0.25) is 4.79 Å². The molecule has 0 bridgehead atoms. The zero-order valence-electron chi connectivity index (χ0n) is 9.71. The van der Waals surface area contributed by atoms with Gasteiger partial charge in [0, 0.05) is 16.3 Å². The fourth-order valence-electron chi connectivity index (χ4n) is 1.59. The molecule has 7 nitrogen and oxygen atoms in total. The first-order chi connectivity index (χ1) is 8.80. The summed E-state index contributed by atoms with van der Waals surface area (Å²) >= 11 is 3.20. The van der Waals surface area contributed by atoms with Gasteiger partial charge in [0.25, 0.3) is 5.91 Å². The lowest BCUT2D eigenvalue weighted by Gasteiger charge is -2.06. The van der Waals surface area contributed by atoms with Gasteiger partial charge in [0.1, 0.15) is 5.69 Å². The smallest absolute Gasteiger partial charge is 0.271 e. The number of halogens is 1. The number of benzene rings is 1. The summed E-state index contributed by atoms with van der Waals surface area (Å²) in [5.74, 6) is -0.786. The zero-order valence-corrected chi connectivity index (χ0v) is 12.1. The molecule has 0 fully saturated rings. The topological polar surface area (TPSA) is 119 Å². The average molecular weight is 345 g/mol. The molecule has 0 atom stereocenters. The molecule has 0 aliphatic heterocycles. The summed E-state index contributed by atoms with van der Waals surface area (Å²) in [7, 11) is -3.49. The van der Waals surface area contributed by atoms with Crippen molar-refractivity contribution in [1.82, 2.24) is 15.4 Å². The Bertz CT molecular complexity index is 754. The Morgan fingerprint density at radius 2 is 2.05 bits per heavy atom. The first-order valence-corrected chi connectivity index (χ1v) is 7.69. The number of rotatable bonds is 3. The Morgan fingerprint density at radius 1 is 1.37 bits per heavy atom. The SMILES string of the molecule is CS(=O)(=O)c1cc(Br)ccc1-c1n[nH]nc1C(N)=O.